The van der Waals surface area contributed by atoms with Crippen LogP contribution >= 0.6 is 11.6 Å². The number of nitro groups is 1. The van der Waals surface area contributed by atoms with Crippen LogP contribution < -0.4 is 22.1 Å². The second-order valence-corrected chi connectivity index (χ2v) is 5.60. The van der Waals surface area contributed by atoms with Crippen LogP contribution in [0.4, 0.5) is 17.2 Å². The molecular weight excluding hydrogens is 362 g/mol. The van der Waals surface area contributed by atoms with E-state index in [-0.39, 0.29) is 22.2 Å². The number of hydrazine groups is 1. The maximum atomic E-state index is 12.2. The minimum Gasteiger partial charge on any atom is -0.293 e. The summed E-state index contributed by atoms with van der Waals surface area (Å²) in [5, 5.41) is 11.3. The molecule has 0 saturated heterocycles. The van der Waals surface area contributed by atoms with Crippen molar-refractivity contribution in [3.63, 3.8) is 0 Å². The first-order chi connectivity index (χ1) is 12.5. The molecule has 1 heterocycles. The molecule has 0 saturated carbocycles. The Morgan fingerprint density at radius 3 is 2.42 bits per heavy atom. The molecule has 132 valence electrons. The predicted molar refractivity (Wildman–Crippen MR) is 98.0 cm³/mol. The second-order valence-electron chi connectivity index (χ2n) is 5.17. The predicted octanol–water partition coefficient (Wildman–Crippen LogP) is 2.53. The number of aromatic amines is 1. The van der Waals surface area contributed by atoms with Crippen LogP contribution in [0.3, 0.4) is 0 Å². The number of benzene rings is 2. The van der Waals surface area contributed by atoms with E-state index in [2.05, 4.69) is 15.8 Å². The zero-order chi connectivity index (χ0) is 18.7. The Hall–Kier alpha value is -3.59. The van der Waals surface area contributed by atoms with Gasteiger partial charge in [-0.1, -0.05) is 29.8 Å². The molecule has 3 rings (SSSR count). The van der Waals surface area contributed by atoms with Crippen molar-refractivity contribution in [1.29, 1.82) is 0 Å². The summed E-state index contributed by atoms with van der Waals surface area (Å²) in [6.45, 7) is 0. The molecule has 0 spiro atoms. The molecule has 0 bridgehead atoms. The Kier molecular flexibility index (Phi) is 4.72. The van der Waals surface area contributed by atoms with Crippen molar-refractivity contribution in [3.05, 3.63) is 90.6 Å². The number of para-hydroxylation sites is 1. The van der Waals surface area contributed by atoms with Crippen LogP contribution in [-0.2, 0) is 0 Å². The van der Waals surface area contributed by atoms with E-state index in [4.69, 9.17) is 11.6 Å². The summed E-state index contributed by atoms with van der Waals surface area (Å²) in [5.41, 5.74) is 4.19. The van der Waals surface area contributed by atoms with Crippen molar-refractivity contribution in [2.45, 2.75) is 0 Å². The molecule has 26 heavy (non-hydrogen) atoms. The number of nitrogens with zero attached hydrogens (tertiary/aromatic N) is 2. The lowest BCUT2D eigenvalue weighted by Gasteiger charge is -2.11. The molecule has 0 aliphatic heterocycles. The molecular formula is C16H12ClN5O4. The molecule has 0 radical (unpaired) electrons. The third-order valence-corrected chi connectivity index (χ3v) is 3.67. The summed E-state index contributed by atoms with van der Waals surface area (Å²) in [6, 6.07) is 13.5. The van der Waals surface area contributed by atoms with Crippen molar-refractivity contribution < 1.29 is 4.92 Å². The fourth-order valence-corrected chi connectivity index (χ4v) is 2.46. The van der Waals surface area contributed by atoms with Gasteiger partial charge in [0.15, 0.2) is 0 Å². The molecule has 0 fully saturated rings. The normalized spacial score (nSPS) is 10.3. The van der Waals surface area contributed by atoms with Gasteiger partial charge in [-0.05, 0) is 24.3 Å². The third-order valence-electron chi connectivity index (χ3n) is 3.43. The maximum absolute atomic E-state index is 12.2. The zero-order valence-corrected chi connectivity index (χ0v) is 13.9. The fraction of sp³-hybridized carbons (Fsp3) is 0. The number of hydrogen-bond donors (Lipinski definition) is 3. The largest absolute Gasteiger partial charge is 0.334 e. The van der Waals surface area contributed by atoms with Gasteiger partial charge in [-0.2, -0.15) is 0 Å². The topological polar surface area (TPSA) is 122 Å². The first-order valence-electron chi connectivity index (χ1n) is 7.33. The summed E-state index contributed by atoms with van der Waals surface area (Å²) in [7, 11) is 0. The fourth-order valence-electron chi connectivity index (χ4n) is 2.29. The molecule has 0 amide bonds. The number of hydrogen-bond acceptors (Lipinski definition) is 6. The van der Waals surface area contributed by atoms with Gasteiger partial charge in [-0.25, -0.2) is 9.36 Å². The lowest BCUT2D eigenvalue weighted by molar-refractivity contribution is -0.383. The number of nitro benzene ring substituents is 1. The standard InChI is InChI=1S/C16H12ClN5O4/c17-10-6-7-13(22(25)26)12(8-10)19-20-14-9-15(23)21(16(24)18-14)11-4-2-1-3-5-11/h1-9,19-20H,(H,18,24). The summed E-state index contributed by atoms with van der Waals surface area (Å²) in [4.78, 5) is 37.4. The molecule has 2 aromatic carbocycles. The van der Waals surface area contributed by atoms with E-state index < -0.39 is 16.2 Å². The summed E-state index contributed by atoms with van der Waals surface area (Å²) < 4.78 is 0.965. The Morgan fingerprint density at radius 2 is 1.77 bits per heavy atom. The van der Waals surface area contributed by atoms with Gasteiger partial charge < -0.3 is 0 Å². The number of H-pyrrole nitrogens is 1. The van der Waals surface area contributed by atoms with E-state index in [0.29, 0.717) is 5.69 Å². The van der Waals surface area contributed by atoms with Gasteiger partial charge in [-0.15, -0.1) is 0 Å². The molecule has 0 aliphatic carbocycles. The minimum atomic E-state index is -0.659. The first-order valence-corrected chi connectivity index (χ1v) is 7.71. The van der Waals surface area contributed by atoms with Gasteiger partial charge >= 0.3 is 5.69 Å². The van der Waals surface area contributed by atoms with E-state index in [9.17, 15) is 19.7 Å². The molecule has 0 atom stereocenters. The lowest BCUT2D eigenvalue weighted by atomic mass is 10.3. The number of halogens is 1. The molecule has 3 aromatic rings. The monoisotopic (exact) mass is 373 g/mol. The van der Waals surface area contributed by atoms with Gasteiger partial charge in [-0.3, -0.25) is 30.7 Å². The van der Waals surface area contributed by atoms with E-state index in [1.54, 1.807) is 30.3 Å². The van der Waals surface area contributed by atoms with E-state index in [1.807, 2.05) is 0 Å². The van der Waals surface area contributed by atoms with Crippen molar-refractivity contribution in [2.75, 3.05) is 10.9 Å². The highest BCUT2D eigenvalue weighted by molar-refractivity contribution is 6.31. The molecule has 0 unspecified atom stereocenters. The van der Waals surface area contributed by atoms with Crippen LogP contribution in [0.25, 0.3) is 5.69 Å². The number of anilines is 2. The number of rotatable bonds is 5. The van der Waals surface area contributed by atoms with Crippen molar-refractivity contribution >= 4 is 28.8 Å². The zero-order valence-electron chi connectivity index (χ0n) is 13.1. The van der Waals surface area contributed by atoms with E-state index in [0.717, 1.165) is 10.6 Å². The molecule has 0 aliphatic rings. The van der Waals surface area contributed by atoms with Crippen LogP contribution in [-0.4, -0.2) is 14.5 Å². The third kappa shape index (κ3) is 3.57. The van der Waals surface area contributed by atoms with Crippen molar-refractivity contribution in [2.24, 2.45) is 0 Å². The van der Waals surface area contributed by atoms with Crippen molar-refractivity contribution in [1.82, 2.24) is 9.55 Å². The van der Waals surface area contributed by atoms with E-state index in [1.165, 1.54) is 18.2 Å². The van der Waals surface area contributed by atoms with Crippen LogP contribution in [0.5, 0.6) is 0 Å². The minimum absolute atomic E-state index is 0.0430. The highest BCUT2D eigenvalue weighted by Crippen LogP contribution is 2.27. The smallest absolute Gasteiger partial charge is 0.293 e. The molecule has 10 heteroatoms. The van der Waals surface area contributed by atoms with Crippen LogP contribution in [0.2, 0.25) is 5.02 Å². The highest BCUT2D eigenvalue weighted by atomic mass is 35.5. The Labute approximate surface area is 151 Å². The van der Waals surface area contributed by atoms with Gasteiger partial charge in [0.2, 0.25) is 0 Å². The number of aromatic nitrogens is 2. The number of nitrogens with one attached hydrogen (secondary N) is 3. The SMILES string of the molecule is O=c1cc(NNc2cc(Cl)ccc2[N+](=O)[O-])[nH]c(=O)n1-c1ccccc1. The van der Waals surface area contributed by atoms with Crippen LogP contribution in [0, 0.1) is 10.1 Å². The first kappa shape index (κ1) is 17.2. The molecule has 3 N–H and O–H groups in total. The summed E-state index contributed by atoms with van der Waals surface area (Å²) in [5.74, 6) is 0.0430. The Balaban J connectivity index is 1.89. The molecule has 9 nitrogen and oxygen atoms in total. The Morgan fingerprint density at radius 1 is 1.04 bits per heavy atom. The summed E-state index contributed by atoms with van der Waals surface area (Å²) >= 11 is 5.84. The highest BCUT2D eigenvalue weighted by Gasteiger charge is 2.14. The van der Waals surface area contributed by atoms with Crippen molar-refractivity contribution in [3.8, 4) is 5.69 Å². The van der Waals surface area contributed by atoms with Gasteiger partial charge in [0.25, 0.3) is 11.2 Å². The summed E-state index contributed by atoms with van der Waals surface area (Å²) in [6.07, 6.45) is 0. The molecule has 1 aromatic heterocycles. The van der Waals surface area contributed by atoms with Crippen LogP contribution in [0.1, 0.15) is 0 Å². The lowest BCUT2D eigenvalue weighted by Crippen LogP contribution is -2.34. The van der Waals surface area contributed by atoms with Gasteiger partial charge in [0, 0.05) is 17.2 Å². The quantitative estimate of drug-likeness (QED) is 0.466. The van der Waals surface area contributed by atoms with Gasteiger partial charge in [0.1, 0.15) is 11.5 Å². The van der Waals surface area contributed by atoms with Crippen LogP contribution in [0.15, 0.2) is 64.2 Å². The average Bonchev–Trinajstić information content (AvgIpc) is 2.60. The average molecular weight is 374 g/mol. The maximum Gasteiger partial charge on any atom is 0.334 e. The van der Waals surface area contributed by atoms with E-state index >= 15 is 0 Å². The second kappa shape index (κ2) is 7.11. The Bertz CT molecular complexity index is 1050. The van der Waals surface area contributed by atoms with Gasteiger partial charge in [0.05, 0.1) is 10.6 Å².